The number of alkyl halides is 3. The molecule has 1 amide bonds. The average Bonchev–Trinajstić information content (AvgIpc) is 1.85. The molecule has 0 aromatic rings. The van der Waals surface area contributed by atoms with Gasteiger partial charge in [-0.2, -0.15) is 13.2 Å². The monoisotopic (exact) mass is 225 g/mol. The third-order valence-electron chi connectivity index (χ3n) is 0.739. The molecule has 0 bridgehead atoms. The average molecular weight is 225 g/mol. The van der Waals surface area contributed by atoms with Crippen LogP contribution in [0.5, 0.6) is 0 Å². The molecule has 3 N–H and O–H groups in total. The summed E-state index contributed by atoms with van der Waals surface area (Å²) in [5.41, 5.74) is 4.76. The van der Waals surface area contributed by atoms with Crippen LogP contribution in [0.3, 0.4) is 0 Å². The van der Waals surface area contributed by atoms with Crippen molar-refractivity contribution in [3.63, 3.8) is 0 Å². The quantitative estimate of drug-likeness (QED) is 0.661. The first kappa shape index (κ1) is 19.3. The number of hydrogen-bond acceptors (Lipinski definition) is 2. The minimum atomic E-state index is -5.08. The molecule has 0 spiro atoms. The minimum absolute atomic E-state index is 0. The number of nitrogens with two attached hydrogens (primary N) is 1. The third-order valence-corrected chi connectivity index (χ3v) is 0.739. The number of carbonyl (C=O) groups excluding carboxylic acids is 1. The second-order valence-electron chi connectivity index (χ2n) is 2.02. The van der Waals surface area contributed by atoms with E-state index < -0.39 is 12.1 Å². The summed E-state index contributed by atoms with van der Waals surface area (Å²) in [6, 6.07) is 0. The van der Waals surface area contributed by atoms with Crippen molar-refractivity contribution < 1.29 is 27.9 Å². The van der Waals surface area contributed by atoms with Gasteiger partial charge in [0.05, 0.1) is 0 Å². The summed E-state index contributed by atoms with van der Waals surface area (Å²) in [7, 11) is 0. The van der Waals surface area contributed by atoms with Crippen LogP contribution >= 0.6 is 0 Å². The molecule has 0 saturated carbocycles. The van der Waals surface area contributed by atoms with Crippen molar-refractivity contribution in [1.82, 2.24) is 0 Å². The van der Waals surface area contributed by atoms with Gasteiger partial charge in [0.2, 0.25) is 5.91 Å². The zero-order valence-electron chi connectivity index (χ0n) is 6.89. The number of hydrogen-bond donors (Lipinski definition) is 2. The molecule has 0 aromatic carbocycles. The topological polar surface area (TPSA) is 80.4 Å². The fourth-order valence-electron chi connectivity index (χ4n) is 0.246. The van der Waals surface area contributed by atoms with Gasteiger partial charge in [-0.05, 0) is 6.42 Å². The van der Waals surface area contributed by atoms with E-state index in [9.17, 15) is 18.0 Å². The molecule has 0 aliphatic heterocycles. The van der Waals surface area contributed by atoms with Gasteiger partial charge in [-0.25, -0.2) is 4.79 Å². The molecule has 0 aromatic heterocycles. The second-order valence-corrected chi connectivity index (χ2v) is 2.02. The first-order valence-electron chi connectivity index (χ1n) is 3.30. The Hall–Kier alpha value is -0.270. The van der Waals surface area contributed by atoms with Crippen molar-refractivity contribution in [2.24, 2.45) is 5.73 Å². The molecular weight excluding hydrogens is 214 g/mol. The summed E-state index contributed by atoms with van der Waals surface area (Å²) in [4.78, 5) is 18.7. The number of amides is 1. The Morgan fingerprint density at radius 3 is 1.64 bits per heavy atom. The van der Waals surface area contributed by atoms with Crippen molar-refractivity contribution in [2.45, 2.75) is 25.9 Å². The van der Waals surface area contributed by atoms with Gasteiger partial charge in [-0.15, -0.1) is 0 Å². The van der Waals surface area contributed by atoms with E-state index in [-0.39, 0.29) is 35.5 Å². The zero-order valence-corrected chi connectivity index (χ0v) is 6.89. The fourth-order valence-corrected chi connectivity index (χ4v) is 0.246. The van der Waals surface area contributed by atoms with Crippen molar-refractivity contribution in [1.29, 1.82) is 0 Å². The van der Waals surface area contributed by atoms with Crippen molar-refractivity contribution in [3.8, 4) is 0 Å². The second kappa shape index (κ2) is 9.29. The number of halogens is 3. The molecule has 0 aliphatic rings. The van der Waals surface area contributed by atoms with Crippen LogP contribution in [0.25, 0.3) is 0 Å². The van der Waals surface area contributed by atoms with E-state index in [1.807, 2.05) is 6.92 Å². The summed E-state index contributed by atoms with van der Waals surface area (Å²) < 4.78 is 31.7. The summed E-state index contributed by atoms with van der Waals surface area (Å²) in [6.07, 6.45) is -3.71. The standard InChI is InChI=1S/C4H9NO.C2HF3O2.Na.H/c1-2-3-4(5)6;3-2(4,5)1(6)7;;/h2-3H2,1H3,(H2,5,6);(H,6,7);;. The van der Waals surface area contributed by atoms with Gasteiger partial charge >= 0.3 is 41.7 Å². The Morgan fingerprint density at radius 1 is 1.36 bits per heavy atom. The first-order chi connectivity index (χ1) is 5.71. The Kier molecular flexibility index (Phi) is 12.8. The molecule has 0 aliphatic carbocycles. The van der Waals surface area contributed by atoms with E-state index in [0.717, 1.165) is 6.42 Å². The predicted molar refractivity (Wildman–Crippen MR) is 44.9 cm³/mol. The van der Waals surface area contributed by atoms with Gasteiger partial charge in [-0.1, -0.05) is 6.92 Å². The van der Waals surface area contributed by atoms with E-state index >= 15 is 0 Å². The van der Waals surface area contributed by atoms with Crippen LogP contribution in [-0.2, 0) is 9.59 Å². The number of aliphatic carboxylic acids is 1. The molecule has 0 rings (SSSR count). The van der Waals surface area contributed by atoms with Crippen LogP contribution in [-0.4, -0.2) is 52.7 Å². The van der Waals surface area contributed by atoms with E-state index in [4.69, 9.17) is 15.6 Å². The number of primary amides is 1. The van der Waals surface area contributed by atoms with Gasteiger partial charge in [0.25, 0.3) is 0 Å². The van der Waals surface area contributed by atoms with Gasteiger partial charge < -0.3 is 10.8 Å². The van der Waals surface area contributed by atoms with Crippen molar-refractivity contribution in [3.05, 3.63) is 0 Å². The number of carboxylic acid groups (broad SMARTS) is 1. The molecular formula is C6H11F3NNaO3. The fraction of sp³-hybridized carbons (Fsp3) is 0.667. The molecule has 4 nitrogen and oxygen atoms in total. The summed E-state index contributed by atoms with van der Waals surface area (Å²) in [5.74, 6) is -2.97. The van der Waals surface area contributed by atoms with Gasteiger partial charge in [0.15, 0.2) is 0 Å². The first-order valence-corrected chi connectivity index (χ1v) is 3.30. The normalized spacial score (nSPS) is 9.14. The molecule has 0 saturated heterocycles. The zero-order chi connectivity index (χ0) is 11.1. The van der Waals surface area contributed by atoms with E-state index in [1.165, 1.54) is 0 Å². The molecule has 0 radical (unpaired) electrons. The summed E-state index contributed by atoms with van der Waals surface area (Å²) in [5, 5.41) is 7.12. The number of carbonyl (C=O) groups is 2. The molecule has 14 heavy (non-hydrogen) atoms. The number of rotatable bonds is 2. The summed E-state index contributed by atoms with van der Waals surface area (Å²) in [6.45, 7) is 1.92. The molecule has 80 valence electrons. The van der Waals surface area contributed by atoms with Crippen LogP contribution in [0.15, 0.2) is 0 Å². The Labute approximate surface area is 101 Å². The predicted octanol–water partition coefficient (Wildman–Crippen LogP) is 0.257. The van der Waals surface area contributed by atoms with Gasteiger partial charge in [0, 0.05) is 6.42 Å². The van der Waals surface area contributed by atoms with Crippen LogP contribution in [0.4, 0.5) is 13.2 Å². The van der Waals surface area contributed by atoms with E-state index in [1.54, 1.807) is 0 Å². The van der Waals surface area contributed by atoms with Crippen molar-refractivity contribution in [2.75, 3.05) is 0 Å². The molecule has 0 heterocycles. The Balaban J connectivity index is -0.000000163. The third kappa shape index (κ3) is 17.7. The molecule has 0 unspecified atom stereocenters. The van der Waals surface area contributed by atoms with E-state index in [2.05, 4.69) is 0 Å². The Morgan fingerprint density at radius 2 is 1.64 bits per heavy atom. The SMILES string of the molecule is CCCC(N)=O.O=C(O)C(F)(F)F.[NaH]. The van der Waals surface area contributed by atoms with Crippen LogP contribution in [0.1, 0.15) is 19.8 Å². The van der Waals surface area contributed by atoms with Crippen molar-refractivity contribution >= 4 is 41.4 Å². The summed E-state index contributed by atoms with van der Waals surface area (Å²) >= 11 is 0. The van der Waals surface area contributed by atoms with Crippen LogP contribution in [0.2, 0.25) is 0 Å². The molecule has 8 heteroatoms. The number of carboxylic acids is 1. The van der Waals surface area contributed by atoms with E-state index in [0.29, 0.717) is 6.42 Å². The Bertz CT molecular complexity index is 184. The molecule has 0 atom stereocenters. The molecule has 0 fully saturated rings. The van der Waals surface area contributed by atoms with Crippen LogP contribution < -0.4 is 5.73 Å². The maximum atomic E-state index is 10.6. The maximum absolute atomic E-state index is 10.6. The van der Waals surface area contributed by atoms with Crippen LogP contribution in [0, 0.1) is 0 Å². The van der Waals surface area contributed by atoms with Gasteiger partial charge in [-0.3, -0.25) is 4.79 Å². The van der Waals surface area contributed by atoms with Gasteiger partial charge in [0.1, 0.15) is 0 Å².